The Balaban J connectivity index is 2.03. The Hall–Kier alpha value is -0.0800. The topological polar surface area (TPSA) is 18.5 Å². The molecule has 2 fully saturated rings. The Morgan fingerprint density at radius 1 is 1.07 bits per heavy atom. The van der Waals surface area contributed by atoms with Gasteiger partial charge in [-0.3, -0.25) is 0 Å². The van der Waals surface area contributed by atoms with Crippen LogP contribution in [0.5, 0.6) is 0 Å². The van der Waals surface area contributed by atoms with Gasteiger partial charge in [-0.15, -0.1) is 0 Å². The van der Waals surface area contributed by atoms with E-state index in [1.165, 1.54) is 19.3 Å². The van der Waals surface area contributed by atoms with Crippen molar-refractivity contribution in [2.45, 2.75) is 64.8 Å². The molecule has 1 saturated heterocycles. The molecule has 1 heterocycles. The summed E-state index contributed by atoms with van der Waals surface area (Å²) in [6.45, 7) is 7.45. The van der Waals surface area contributed by atoms with E-state index >= 15 is 0 Å². The van der Waals surface area contributed by atoms with Crippen molar-refractivity contribution in [3.63, 3.8) is 0 Å². The Labute approximate surface area is 87.0 Å². The molecule has 0 unspecified atom stereocenters. The molecule has 0 radical (unpaired) electrons. The quantitative estimate of drug-likeness (QED) is 0.595. The summed E-state index contributed by atoms with van der Waals surface area (Å²) in [6, 6.07) is 0. The third kappa shape index (κ3) is 1.82. The van der Waals surface area contributed by atoms with Crippen LogP contribution >= 0.6 is 0 Å². The molecule has 1 atom stereocenters. The lowest BCUT2D eigenvalue weighted by Crippen LogP contribution is -2.52. The van der Waals surface area contributed by atoms with Gasteiger partial charge in [-0.2, -0.15) is 0 Å². The second-order valence-corrected chi connectivity index (χ2v) is 5.51. The van der Waals surface area contributed by atoms with Crippen LogP contribution in [-0.4, -0.2) is 18.5 Å². The van der Waals surface area contributed by atoms with Crippen molar-refractivity contribution in [2.24, 2.45) is 5.41 Å². The highest BCUT2D eigenvalue weighted by atomic mass is 16.7. The largest absolute Gasteiger partial charge is 0.349 e. The van der Waals surface area contributed by atoms with E-state index in [4.69, 9.17) is 9.47 Å². The molecule has 2 aliphatic rings. The van der Waals surface area contributed by atoms with E-state index in [0.29, 0.717) is 6.10 Å². The van der Waals surface area contributed by atoms with Crippen LogP contribution in [0.25, 0.3) is 0 Å². The molecule has 14 heavy (non-hydrogen) atoms. The molecule has 2 rings (SSSR count). The fourth-order valence-electron chi connectivity index (χ4n) is 2.30. The molecule has 1 aliphatic heterocycles. The van der Waals surface area contributed by atoms with Gasteiger partial charge in [0.05, 0.1) is 12.7 Å². The van der Waals surface area contributed by atoms with Crippen LogP contribution in [0.2, 0.25) is 0 Å². The normalized spacial score (nSPS) is 35.8. The highest BCUT2D eigenvalue weighted by Crippen LogP contribution is 2.42. The predicted molar refractivity (Wildman–Crippen MR) is 56.1 cm³/mol. The first-order chi connectivity index (χ1) is 6.54. The van der Waals surface area contributed by atoms with Gasteiger partial charge >= 0.3 is 0 Å². The van der Waals surface area contributed by atoms with Crippen LogP contribution in [-0.2, 0) is 9.47 Å². The lowest BCUT2D eigenvalue weighted by atomic mass is 9.84. The van der Waals surface area contributed by atoms with Gasteiger partial charge in [0, 0.05) is 18.3 Å². The molecule has 0 N–H and O–H groups in total. The molecule has 2 nitrogen and oxygen atoms in total. The van der Waals surface area contributed by atoms with Gasteiger partial charge in [-0.1, -0.05) is 20.3 Å². The molecule has 0 amide bonds. The standard InChI is InChI=1S/C12H22O2/c1-10-11(2,3)9-13-12(14-10)7-5-4-6-8-12/h10H,4-9H2,1-3H3/t10-/m0/s1. The van der Waals surface area contributed by atoms with Gasteiger partial charge in [-0.05, 0) is 19.8 Å². The van der Waals surface area contributed by atoms with Gasteiger partial charge in [0.25, 0.3) is 0 Å². The van der Waals surface area contributed by atoms with Gasteiger partial charge < -0.3 is 9.47 Å². The van der Waals surface area contributed by atoms with Crippen molar-refractivity contribution in [3.05, 3.63) is 0 Å². The second kappa shape index (κ2) is 3.49. The Morgan fingerprint density at radius 2 is 1.71 bits per heavy atom. The smallest absolute Gasteiger partial charge is 0.168 e. The minimum atomic E-state index is -0.215. The minimum Gasteiger partial charge on any atom is -0.349 e. The predicted octanol–water partition coefficient (Wildman–Crippen LogP) is 3.11. The molecule has 2 heteroatoms. The molecular formula is C12H22O2. The van der Waals surface area contributed by atoms with E-state index in [2.05, 4.69) is 20.8 Å². The number of hydrogen-bond acceptors (Lipinski definition) is 2. The van der Waals surface area contributed by atoms with Gasteiger partial charge in [0.2, 0.25) is 0 Å². The fraction of sp³-hybridized carbons (Fsp3) is 1.00. The summed E-state index contributed by atoms with van der Waals surface area (Å²) in [7, 11) is 0. The van der Waals surface area contributed by atoms with Crippen LogP contribution in [0, 0.1) is 5.41 Å². The van der Waals surface area contributed by atoms with E-state index in [9.17, 15) is 0 Å². The van der Waals surface area contributed by atoms with Gasteiger partial charge in [0.1, 0.15) is 0 Å². The highest BCUT2D eigenvalue weighted by Gasteiger charge is 2.45. The maximum atomic E-state index is 6.11. The first-order valence-electron chi connectivity index (χ1n) is 5.86. The summed E-state index contributed by atoms with van der Waals surface area (Å²) >= 11 is 0. The van der Waals surface area contributed by atoms with E-state index in [1.807, 2.05) is 0 Å². The van der Waals surface area contributed by atoms with E-state index in [0.717, 1.165) is 19.4 Å². The molecule has 82 valence electrons. The average molecular weight is 198 g/mol. The summed E-state index contributed by atoms with van der Waals surface area (Å²) < 4.78 is 12.1. The van der Waals surface area contributed by atoms with Gasteiger partial charge in [-0.25, -0.2) is 0 Å². The molecule has 0 aromatic heterocycles. The van der Waals surface area contributed by atoms with Crippen molar-refractivity contribution < 1.29 is 9.47 Å². The van der Waals surface area contributed by atoms with E-state index < -0.39 is 0 Å². The summed E-state index contributed by atoms with van der Waals surface area (Å²) in [6.07, 6.45) is 6.35. The van der Waals surface area contributed by atoms with Crippen LogP contribution in [0.1, 0.15) is 52.9 Å². The van der Waals surface area contributed by atoms with E-state index in [-0.39, 0.29) is 11.2 Å². The van der Waals surface area contributed by atoms with Crippen LogP contribution in [0.3, 0.4) is 0 Å². The molecular weight excluding hydrogens is 176 g/mol. The number of rotatable bonds is 0. The van der Waals surface area contributed by atoms with Crippen molar-refractivity contribution in [2.75, 3.05) is 6.61 Å². The lowest BCUT2D eigenvalue weighted by Gasteiger charge is -2.49. The minimum absolute atomic E-state index is 0.169. The van der Waals surface area contributed by atoms with Gasteiger partial charge in [0.15, 0.2) is 5.79 Å². The number of hydrogen-bond donors (Lipinski definition) is 0. The maximum Gasteiger partial charge on any atom is 0.168 e. The fourth-order valence-corrected chi connectivity index (χ4v) is 2.30. The van der Waals surface area contributed by atoms with Crippen LogP contribution < -0.4 is 0 Å². The zero-order valence-electron chi connectivity index (χ0n) is 9.64. The summed E-state index contributed by atoms with van der Waals surface area (Å²) in [5.41, 5.74) is 0.169. The molecule has 1 aliphatic carbocycles. The summed E-state index contributed by atoms with van der Waals surface area (Å²) in [5, 5.41) is 0. The zero-order chi connectivity index (χ0) is 10.2. The third-order valence-electron chi connectivity index (χ3n) is 3.81. The highest BCUT2D eigenvalue weighted by molar-refractivity contribution is 4.87. The maximum absolute atomic E-state index is 6.11. The number of ether oxygens (including phenoxy) is 2. The van der Waals surface area contributed by atoms with Crippen molar-refractivity contribution in [1.82, 2.24) is 0 Å². The second-order valence-electron chi connectivity index (χ2n) is 5.51. The first kappa shape index (κ1) is 10.4. The van der Waals surface area contributed by atoms with Crippen molar-refractivity contribution in [1.29, 1.82) is 0 Å². The molecule has 1 spiro atoms. The molecule has 1 saturated carbocycles. The molecule has 0 aromatic rings. The molecule has 0 aromatic carbocycles. The average Bonchev–Trinajstić information content (AvgIpc) is 2.15. The van der Waals surface area contributed by atoms with E-state index in [1.54, 1.807) is 0 Å². The summed E-state index contributed by atoms with van der Waals surface area (Å²) in [4.78, 5) is 0. The Morgan fingerprint density at radius 3 is 2.29 bits per heavy atom. The SMILES string of the molecule is C[C@@H]1OC2(CCCCC2)OCC1(C)C. The molecule has 0 bridgehead atoms. The first-order valence-corrected chi connectivity index (χ1v) is 5.86. The van der Waals surface area contributed by atoms with Crippen LogP contribution in [0.4, 0.5) is 0 Å². The van der Waals surface area contributed by atoms with Crippen molar-refractivity contribution in [3.8, 4) is 0 Å². The third-order valence-corrected chi connectivity index (χ3v) is 3.81. The van der Waals surface area contributed by atoms with Crippen molar-refractivity contribution >= 4 is 0 Å². The summed E-state index contributed by atoms with van der Waals surface area (Å²) in [5.74, 6) is -0.215. The lowest BCUT2D eigenvalue weighted by molar-refractivity contribution is -0.335. The van der Waals surface area contributed by atoms with Crippen LogP contribution in [0.15, 0.2) is 0 Å². The zero-order valence-corrected chi connectivity index (χ0v) is 9.64. The Bertz CT molecular complexity index is 204. The monoisotopic (exact) mass is 198 g/mol. The Kier molecular flexibility index (Phi) is 2.61.